The fraction of sp³-hybridized carbons (Fsp3) is 0.300. The van der Waals surface area contributed by atoms with Gasteiger partial charge in [-0.1, -0.05) is 23.9 Å². The van der Waals surface area contributed by atoms with E-state index in [2.05, 4.69) is 31.1 Å². The lowest BCUT2D eigenvalue weighted by Gasteiger charge is -2.36. The number of rotatable bonds is 6. The second-order valence-electron chi connectivity index (χ2n) is 6.54. The highest BCUT2D eigenvalue weighted by Crippen LogP contribution is 2.28. The zero-order valence-corrected chi connectivity index (χ0v) is 16.9. The molecule has 3 heterocycles. The van der Waals surface area contributed by atoms with Gasteiger partial charge in [-0.2, -0.15) is 0 Å². The van der Waals surface area contributed by atoms with Gasteiger partial charge in [-0.05, 0) is 24.3 Å². The van der Waals surface area contributed by atoms with Crippen LogP contribution in [0.15, 0.2) is 53.9 Å². The van der Waals surface area contributed by atoms with Crippen LogP contribution in [0.5, 0.6) is 5.75 Å². The Bertz CT molecular complexity index is 956. The standard InChI is InChI=1S/C20H22N6O2S/c1-28-17-7-3-2-6-16(17)25-9-11-26(12-10-25)18(27)14-29-20-22-19(23-24-20)15-5-4-8-21-13-15/h2-8,13H,9-12,14H2,1H3,(H,22,23,24). The van der Waals surface area contributed by atoms with E-state index < -0.39 is 0 Å². The highest BCUT2D eigenvalue weighted by Gasteiger charge is 2.23. The predicted molar refractivity (Wildman–Crippen MR) is 112 cm³/mol. The molecule has 0 unspecified atom stereocenters. The lowest BCUT2D eigenvalue weighted by molar-refractivity contribution is -0.128. The molecule has 1 N–H and O–H groups in total. The van der Waals surface area contributed by atoms with Crippen molar-refractivity contribution in [1.82, 2.24) is 25.1 Å². The zero-order valence-electron chi connectivity index (χ0n) is 16.1. The highest BCUT2D eigenvalue weighted by molar-refractivity contribution is 7.99. The first-order valence-electron chi connectivity index (χ1n) is 9.36. The van der Waals surface area contributed by atoms with Gasteiger partial charge in [-0.25, -0.2) is 4.98 Å². The summed E-state index contributed by atoms with van der Waals surface area (Å²) in [6.07, 6.45) is 3.43. The van der Waals surface area contributed by atoms with Crippen molar-refractivity contribution in [2.45, 2.75) is 5.16 Å². The summed E-state index contributed by atoms with van der Waals surface area (Å²) in [7, 11) is 1.68. The predicted octanol–water partition coefficient (Wildman–Crippen LogP) is 2.32. The van der Waals surface area contributed by atoms with Crippen LogP contribution in [0.4, 0.5) is 5.69 Å². The number of aromatic amines is 1. The third-order valence-electron chi connectivity index (χ3n) is 4.78. The topological polar surface area (TPSA) is 87.2 Å². The molecule has 0 aliphatic carbocycles. The van der Waals surface area contributed by atoms with Gasteiger partial charge < -0.3 is 14.5 Å². The number of nitrogens with zero attached hydrogens (tertiary/aromatic N) is 5. The number of H-pyrrole nitrogens is 1. The number of piperazine rings is 1. The molecule has 1 aromatic carbocycles. The van der Waals surface area contributed by atoms with Crippen molar-refractivity contribution in [2.75, 3.05) is 43.9 Å². The van der Waals surface area contributed by atoms with Crippen LogP contribution in [0.25, 0.3) is 11.4 Å². The summed E-state index contributed by atoms with van der Waals surface area (Å²) in [5.41, 5.74) is 1.94. The number of carbonyl (C=O) groups excluding carboxylic acids is 1. The number of carbonyl (C=O) groups is 1. The number of anilines is 1. The molecule has 8 nitrogen and oxygen atoms in total. The maximum absolute atomic E-state index is 12.6. The minimum Gasteiger partial charge on any atom is -0.495 e. The number of benzene rings is 1. The van der Waals surface area contributed by atoms with E-state index in [0.29, 0.717) is 29.8 Å². The molecule has 9 heteroatoms. The summed E-state index contributed by atoms with van der Waals surface area (Å²) in [4.78, 5) is 25.3. The summed E-state index contributed by atoms with van der Waals surface area (Å²) < 4.78 is 5.45. The van der Waals surface area contributed by atoms with Crippen molar-refractivity contribution in [2.24, 2.45) is 0 Å². The molecule has 0 radical (unpaired) electrons. The summed E-state index contributed by atoms with van der Waals surface area (Å²) in [5, 5.41) is 7.64. The second-order valence-corrected chi connectivity index (χ2v) is 7.48. The Hall–Kier alpha value is -3.07. The Balaban J connectivity index is 1.29. The van der Waals surface area contributed by atoms with E-state index in [1.807, 2.05) is 35.2 Å². The Morgan fingerprint density at radius 1 is 1.17 bits per heavy atom. The number of nitrogens with one attached hydrogen (secondary N) is 1. The van der Waals surface area contributed by atoms with Crippen LogP contribution in [0, 0.1) is 0 Å². The van der Waals surface area contributed by atoms with Crippen LogP contribution in [0.2, 0.25) is 0 Å². The van der Waals surface area contributed by atoms with Gasteiger partial charge in [0.1, 0.15) is 5.75 Å². The Labute approximate surface area is 173 Å². The van der Waals surface area contributed by atoms with Crippen molar-refractivity contribution >= 4 is 23.4 Å². The summed E-state index contributed by atoms with van der Waals surface area (Å²) in [6, 6.07) is 11.7. The summed E-state index contributed by atoms with van der Waals surface area (Å²) in [6.45, 7) is 2.93. The second kappa shape index (κ2) is 8.95. The van der Waals surface area contributed by atoms with Crippen molar-refractivity contribution < 1.29 is 9.53 Å². The third kappa shape index (κ3) is 4.51. The lowest BCUT2D eigenvalue weighted by atomic mass is 10.2. The third-order valence-corrected chi connectivity index (χ3v) is 5.61. The van der Waals surface area contributed by atoms with Gasteiger partial charge in [0, 0.05) is 44.1 Å². The van der Waals surface area contributed by atoms with Crippen LogP contribution in [-0.2, 0) is 4.79 Å². The van der Waals surface area contributed by atoms with E-state index >= 15 is 0 Å². The van der Waals surface area contributed by atoms with Crippen molar-refractivity contribution in [3.05, 3.63) is 48.8 Å². The van der Waals surface area contributed by atoms with Crippen LogP contribution in [0.1, 0.15) is 0 Å². The monoisotopic (exact) mass is 410 g/mol. The molecule has 1 saturated heterocycles. The fourth-order valence-corrected chi connectivity index (χ4v) is 3.95. The molecule has 1 aliphatic heterocycles. The number of aromatic nitrogens is 4. The maximum Gasteiger partial charge on any atom is 0.233 e. The molecule has 0 saturated carbocycles. The highest BCUT2D eigenvalue weighted by atomic mass is 32.2. The zero-order chi connectivity index (χ0) is 20.1. The van der Waals surface area contributed by atoms with E-state index in [0.717, 1.165) is 30.1 Å². The van der Waals surface area contributed by atoms with Gasteiger partial charge in [0.05, 0.1) is 18.6 Å². The quantitative estimate of drug-likeness (QED) is 0.624. The van der Waals surface area contributed by atoms with Crippen molar-refractivity contribution in [1.29, 1.82) is 0 Å². The average molecular weight is 411 g/mol. The number of amides is 1. The fourth-order valence-electron chi connectivity index (χ4n) is 3.25. The van der Waals surface area contributed by atoms with E-state index in [4.69, 9.17) is 4.74 Å². The maximum atomic E-state index is 12.6. The van der Waals surface area contributed by atoms with Crippen LogP contribution >= 0.6 is 11.8 Å². The number of pyridine rings is 1. The van der Waals surface area contributed by atoms with Gasteiger partial charge in [-0.15, -0.1) is 5.10 Å². The average Bonchev–Trinajstić information content (AvgIpc) is 3.27. The van der Waals surface area contributed by atoms with Gasteiger partial charge in [0.2, 0.25) is 11.1 Å². The molecule has 0 spiro atoms. The summed E-state index contributed by atoms with van der Waals surface area (Å²) in [5.74, 6) is 1.93. The van der Waals surface area contributed by atoms with E-state index in [9.17, 15) is 4.79 Å². The molecule has 4 rings (SSSR count). The van der Waals surface area contributed by atoms with Gasteiger partial charge >= 0.3 is 0 Å². The van der Waals surface area contributed by atoms with E-state index in [1.54, 1.807) is 19.5 Å². The van der Waals surface area contributed by atoms with Crippen LogP contribution in [-0.4, -0.2) is 70.0 Å². The molecule has 1 amide bonds. The first kappa shape index (κ1) is 19.3. The Kier molecular flexibility index (Phi) is 5.95. The first-order valence-corrected chi connectivity index (χ1v) is 10.3. The molecule has 2 aromatic heterocycles. The number of thioether (sulfide) groups is 1. The minimum absolute atomic E-state index is 0.0994. The van der Waals surface area contributed by atoms with Crippen LogP contribution in [0.3, 0.4) is 0 Å². The smallest absolute Gasteiger partial charge is 0.233 e. The number of methoxy groups -OCH3 is 1. The Morgan fingerprint density at radius 2 is 2.00 bits per heavy atom. The molecule has 0 bridgehead atoms. The molecular formula is C20H22N6O2S. The molecule has 0 atom stereocenters. The van der Waals surface area contributed by atoms with Gasteiger partial charge in [0.25, 0.3) is 0 Å². The summed E-state index contributed by atoms with van der Waals surface area (Å²) >= 11 is 1.34. The number of ether oxygens (including phenoxy) is 1. The minimum atomic E-state index is 0.0994. The lowest BCUT2D eigenvalue weighted by Crippen LogP contribution is -2.49. The number of para-hydroxylation sites is 2. The molecule has 3 aromatic rings. The SMILES string of the molecule is COc1ccccc1N1CCN(C(=O)CSc2n[nH]c(-c3cccnc3)n2)CC1. The molecule has 1 aliphatic rings. The van der Waals surface area contributed by atoms with E-state index in [-0.39, 0.29) is 5.91 Å². The number of hydrogen-bond acceptors (Lipinski definition) is 7. The van der Waals surface area contributed by atoms with Crippen LogP contribution < -0.4 is 9.64 Å². The molecule has 29 heavy (non-hydrogen) atoms. The Morgan fingerprint density at radius 3 is 2.76 bits per heavy atom. The van der Waals surface area contributed by atoms with Gasteiger partial charge in [-0.3, -0.25) is 14.9 Å². The molecule has 150 valence electrons. The molecule has 1 fully saturated rings. The molecular weight excluding hydrogens is 388 g/mol. The van der Waals surface area contributed by atoms with Crippen molar-refractivity contribution in [3.63, 3.8) is 0 Å². The van der Waals surface area contributed by atoms with E-state index in [1.165, 1.54) is 11.8 Å². The number of hydrogen-bond donors (Lipinski definition) is 1. The largest absolute Gasteiger partial charge is 0.495 e. The van der Waals surface area contributed by atoms with Gasteiger partial charge in [0.15, 0.2) is 5.82 Å². The normalized spacial score (nSPS) is 14.1. The van der Waals surface area contributed by atoms with Crippen molar-refractivity contribution in [3.8, 4) is 17.1 Å². The first-order chi connectivity index (χ1) is 14.2.